The van der Waals surface area contributed by atoms with Gasteiger partial charge in [0.2, 0.25) is 17.6 Å². The zero-order valence-electron chi connectivity index (χ0n) is 14.9. The number of carbonyl (C=O) groups excluding carboxylic acids is 1. The molecule has 1 aromatic heterocycles. The summed E-state index contributed by atoms with van der Waals surface area (Å²) in [6.45, 7) is 0.154. The summed E-state index contributed by atoms with van der Waals surface area (Å²) >= 11 is 0. The lowest BCUT2D eigenvalue weighted by Crippen LogP contribution is -2.22. The molecule has 140 valence electrons. The number of hydrogen-bond donors (Lipinski definition) is 1. The first-order valence-electron chi connectivity index (χ1n) is 8.63. The lowest BCUT2D eigenvalue weighted by atomic mass is 10.1. The number of aryl methyl sites for hydroxylation is 1. The van der Waals surface area contributed by atoms with E-state index in [0.29, 0.717) is 36.5 Å². The van der Waals surface area contributed by atoms with Crippen molar-refractivity contribution in [3.05, 3.63) is 65.8 Å². The molecule has 27 heavy (non-hydrogen) atoms. The summed E-state index contributed by atoms with van der Waals surface area (Å²) in [7, 11) is 1.60. The van der Waals surface area contributed by atoms with Crippen molar-refractivity contribution in [1.82, 2.24) is 15.5 Å². The second-order valence-electron chi connectivity index (χ2n) is 5.96. The van der Waals surface area contributed by atoms with Gasteiger partial charge in [-0.3, -0.25) is 4.79 Å². The second kappa shape index (κ2) is 8.93. The van der Waals surface area contributed by atoms with Crippen LogP contribution in [0.15, 0.2) is 53.1 Å². The van der Waals surface area contributed by atoms with Crippen molar-refractivity contribution in [3.8, 4) is 17.1 Å². The molecule has 0 saturated carbocycles. The van der Waals surface area contributed by atoms with E-state index in [-0.39, 0.29) is 18.3 Å². The Balaban J connectivity index is 1.45. The Morgan fingerprint density at radius 3 is 2.70 bits per heavy atom. The van der Waals surface area contributed by atoms with Crippen molar-refractivity contribution in [2.45, 2.75) is 25.8 Å². The van der Waals surface area contributed by atoms with E-state index < -0.39 is 0 Å². The summed E-state index contributed by atoms with van der Waals surface area (Å²) in [4.78, 5) is 16.2. The van der Waals surface area contributed by atoms with E-state index in [1.54, 1.807) is 25.3 Å². The van der Waals surface area contributed by atoms with Gasteiger partial charge in [0.1, 0.15) is 11.6 Å². The van der Waals surface area contributed by atoms with Gasteiger partial charge in [0, 0.05) is 12.0 Å². The number of benzene rings is 2. The molecular formula is C20H20FN3O3. The van der Waals surface area contributed by atoms with Gasteiger partial charge in [0.15, 0.2) is 0 Å². The van der Waals surface area contributed by atoms with E-state index in [9.17, 15) is 9.18 Å². The number of nitrogens with zero attached hydrogens (tertiary/aromatic N) is 2. The van der Waals surface area contributed by atoms with Crippen molar-refractivity contribution in [2.24, 2.45) is 0 Å². The highest BCUT2D eigenvalue weighted by atomic mass is 19.1. The van der Waals surface area contributed by atoms with Crippen molar-refractivity contribution < 1.29 is 18.4 Å². The van der Waals surface area contributed by atoms with Crippen LogP contribution in [-0.4, -0.2) is 23.2 Å². The zero-order valence-corrected chi connectivity index (χ0v) is 14.9. The summed E-state index contributed by atoms with van der Waals surface area (Å²) in [6, 6.07) is 13.9. The summed E-state index contributed by atoms with van der Waals surface area (Å²) in [5.41, 5.74) is 1.41. The average molecular weight is 369 g/mol. The van der Waals surface area contributed by atoms with Crippen LogP contribution in [0.2, 0.25) is 0 Å². The molecule has 0 fully saturated rings. The van der Waals surface area contributed by atoms with Gasteiger partial charge >= 0.3 is 0 Å². The van der Waals surface area contributed by atoms with E-state index >= 15 is 0 Å². The van der Waals surface area contributed by atoms with E-state index in [2.05, 4.69) is 15.5 Å². The number of ether oxygens (including phenoxy) is 1. The number of aromatic nitrogens is 2. The molecule has 0 saturated heterocycles. The maximum Gasteiger partial charge on any atom is 0.246 e. The highest BCUT2D eigenvalue weighted by Gasteiger charge is 2.10. The third-order valence-corrected chi connectivity index (χ3v) is 4.06. The van der Waals surface area contributed by atoms with Gasteiger partial charge in [-0.2, -0.15) is 4.98 Å². The van der Waals surface area contributed by atoms with Crippen LogP contribution in [0.4, 0.5) is 4.39 Å². The third-order valence-electron chi connectivity index (χ3n) is 4.06. The molecule has 0 bridgehead atoms. The highest BCUT2D eigenvalue weighted by Crippen LogP contribution is 2.19. The van der Waals surface area contributed by atoms with Crippen LogP contribution in [0.5, 0.6) is 5.75 Å². The number of carbonyl (C=O) groups is 1. The standard InChI is InChI=1S/C20H20FN3O3/c1-26-16-11-9-15(10-12-16)20-23-19(27-24-20)13-22-18(25)8-4-6-14-5-2-3-7-17(14)21/h2-3,5,7,9-12H,4,6,8,13H2,1H3,(H,22,25). The third kappa shape index (κ3) is 5.13. The molecule has 3 aromatic rings. The van der Waals surface area contributed by atoms with E-state index in [1.165, 1.54) is 6.07 Å². The first kappa shape index (κ1) is 18.6. The Hall–Kier alpha value is -3.22. The van der Waals surface area contributed by atoms with Gasteiger partial charge in [-0.05, 0) is 48.7 Å². The van der Waals surface area contributed by atoms with Crippen LogP contribution in [-0.2, 0) is 17.8 Å². The Morgan fingerprint density at radius 1 is 1.19 bits per heavy atom. The number of amides is 1. The summed E-state index contributed by atoms with van der Waals surface area (Å²) < 4.78 is 23.8. The molecule has 1 amide bonds. The molecule has 6 nitrogen and oxygen atoms in total. The normalized spacial score (nSPS) is 10.6. The van der Waals surface area contributed by atoms with Crippen LogP contribution in [0.25, 0.3) is 11.4 Å². The van der Waals surface area contributed by atoms with Gasteiger partial charge in [-0.25, -0.2) is 4.39 Å². The van der Waals surface area contributed by atoms with Crippen molar-refractivity contribution >= 4 is 5.91 Å². The maximum atomic E-state index is 13.5. The van der Waals surface area contributed by atoms with Gasteiger partial charge in [0.05, 0.1) is 13.7 Å². The van der Waals surface area contributed by atoms with E-state index in [1.807, 2.05) is 24.3 Å². The quantitative estimate of drug-likeness (QED) is 0.657. The van der Waals surface area contributed by atoms with Gasteiger partial charge in [-0.15, -0.1) is 0 Å². The summed E-state index contributed by atoms with van der Waals surface area (Å²) in [5, 5.41) is 6.65. The minimum atomic E-state index is -0.241. The van der Waals surface area contributed by atoms with E-state index in [0.717, 1.165) is 11.3 Å². The van der Waals surface area contributed by atoms with Gasteiger partial charge in [0.25, 0.3) is 0 Å². The molecular weight excluding hydrogens is 349 g/mol. The Morgan fingerprint density at radius 2 is 1.96 bits per heavy atom. The molecule has 0 aliphatic rings. The lowest BCUT2D eigenvalue weighted by Gasteiger charge is -2.04. The second-order valence-corrected chi connectivity index (χ2v) is 5.96. The first-order chi connectivity index (χ1) is 13.2. The van der Waals surface area contributed by atoms with Crippen molar-refractivity contribution in [2.75, 3.05) is 7.11 Å². The van der Waals surface area contributed by atoms with Crippen LogP contribution < -0.4 is 10.1 Å². The fourth-order valence-corrected chi connectivity index (χ4v) is 2.59. The number of hydrogen-bond acceptors (Lipinski definition) is 5. The summed E-state index contributed by atoms with van der Waals surface area (Å²) in [6.07, 6.45) is 1.38. The molecule has 0 aliphatic carbocycles. The molecule has 1 N–H and O–H groups in total. The molecule has 0 radical (unpaired) electrons. The monoisotopic (exact) mass is 369 g/mol. The topological polar surface area (TPSA) is 77.3 Å². The average Bonchev–Trinajstić information content (AvgIpc) is 3.17. The number of methoxy groups -OCH3 is 1. The molecule has 0 spiro atoms. The minimum Gasteiger partial charge on any atom is -0.497 e. The fraction of sp³-hybridized carbons (Fsp3) is 0.250. The predicted molar refractivity (Wildman–Crippen MR) is 97.5 cm³/mol. The Labute approximate surface area is 156 Å². The Kier molecular flexibility index (Phi) is 6.14. The van der Waals surface area contributed by atoms with Crippen molar-refractivity contribution in [3.63, 3.8) is 0 Å². The summed E-state index contributed by atoms with van der Waals surface area (Å²) in [5.74, 6) is 1.13. The fourth-order valence-electron chi connectivity index (χ4n) is 2.59. The van der Waals surface area contributed by atoms with Crippen LogP contribution in [0.1, 0.15) is 24.3 Å². The number of nitrogens with one attached hydrogen (secondary N) is 1. The molecule has 0 atom stereocenters. The molecule has 0 unspecified atom stereocenters. The molecule has 7 heteroatoms. The van der Waals surface area contributed by atoms with Crippen molar-refractivity contribution in [1.29, 1.82) is 0 Å². The highest BCUT2D eigenvalue weighted by molar-refractivity contribution is 5.75. The van der Waals surface area contributed by atoms with Crippen LogP contribution in [0.3, 0.4) is 0 Å². The Bertz CT molecular complexity index is 893. The molecule has 3 rings (SSSR count). The zero-order chi connectivity index (χ0) is 19.1. The molecule has 2 aromatic carbocycles. The SMILES string of the molecule is COc1ccc(-c2noc(CNC(=O)CCCc3ccccc3F)n2)cc1. The number of halogens is 1. The smallest absolute Gasteiger partial charge is 0.246 e. The minimum absolute atomic E-state index is 0.143. The number of rotatable bonds is 8. The molecule has 0 aliphatic heterocycles. The lowest BCUT2D eigenvalue weighted by molar-refractivity contribution is -0.121. The van der Waals surface area contributed by atoms with Crippen LogP contribution in [0, 0.1) is 5.82 Å². The van der Waals surface area contributed by atoms with E-state index in [4.69, 9.17) is 9.26 Å². The van der Waals surface area contributed by atoms with Gasteiger partial charge in [-0.1, -0.05) is 23.4 Å². The predicted octanol–water partition coefficient (Wildman–Crippen LogP) is 3.52. The maximum absolute atomic E-state index is 13.5. The molecule has 1 heterocycles. The first-order valence-corrected chi connectivity index (χ1v) is 8.63. The van der Waals surface area contributed by atoms with Crippen LogP contribution >= 0.6 is 0 Å². The largest absolute Gasteiger partial charge is 0.497 e. The van der Waals surface area contributed by atoms with Gasteiger partial charge < -0.3 is 14.6 Å².